The van der Waals surface area contributed by atoms with E-state index < -0.39 is 0 Å². The summed E-state index contributed by atoms with van der Waals surface area (Å²) in [7, 11) is 0. The summed E-state index contributed by atoms with van der Waals surface area (Å²) >= 11 is 0. The number of amides is 2. The van der Waals surface area contributed by atoms with Crippen LogP contribution in [-0.4, -0.2) is 15.6 Å². The van der Waals surface area contributed by atoms with Crippen LogP contribution in [0.1, 0.15) is 5.69 Å². The Kier molecular flexibility index (Phi) is 4.15. The number of aromatic nitrogens is 2. The first-order valence-electron chi connectivity index (χ1n) is 6.99. The fourth-order valence-electron chi connectivity index (χ4n) is 2.07. The number of carbonyl (C=O) groups excluding carboxylic acids is 1. The lowest BCUT2D eigenvalue weighted by atomic mass is 10.3. The Morgan fingerprint density at radius 1 is 1.00 bits per heavy atom. The third-order valence-corrected chi connectivity index (χ3v) is 3.18. The molecule has 0 saturated carbocycles. The third kappa shape index (κ3) is 3.52. The van der Waals surface area contributed by atoms with E-state index in [-0.39, 0.29) is 6.03 Å². The maximum Gasteiger partial charge on any atom is 0.319 e. The van der Waals surface area contributed by atoms with Gasteiger partial charge in [-0.15, -0.1) is 0 Å². The molecular formula is C17H16N4O. The molecule has 0 aliphatic carbocycles. The molecular weight excluding hydrogens is 276 g/mol. The predicted octanol–water partition coefficient (Wildman–Crippen LogP) is 3.19. The van der Waals surface area contributed by atoms with Crippen LogP contribution in [0.4, 0.5) is 10.5 Å². The fraction of sp³-hybridized carbons (Fsp3) is 0.0588. The maximum atomic E-state index is 11.8. The highest BCUT2D eigenvalue weighted by atomic mass is 16.2. The average Bonchev–Trinajstić information content (AvgIpc) is 3.09. The summed E-state index contributed by atoms with van der Waals surface area (Å²) < 4.78 is 2.00. The van der Waals surface area contributed by atoms with E-state index in [9.17, 15) is 4.79 Å². The van der Waals surface area contributed by atoms with Gasteiger partial charge in [0.05, 0.1) is 12.2 Å². The van der Waals surface area contributed by atoms with Crippen LogP contribution in [-0.2, 0) is 6.54 Å². The lowest BCUT2D eigenvalue weighted by molar-refractivity contribution is 0.251. The number of nitrogens with one attached hydrogen (secondary N) is 2. The van der Waals surface area contributed by atoms with Gasteiger partial charge in [0.25, 0.3) is 0 Å². The number of benzene rings is 1. The molecule has 0 unspecified atom stereocenters. The van der Waals surface area contributed by atoms with E-state index in [0.717, 1.165) is 17.1 Å². The van der Waals surface area contributed by atoms with Gasteiger partial charge in [0, 0.05) is 30.0 Å². The molecule has 0 atom stereocenters. The van der Waals surface area contributed by atoms with Crippen molar-refractivity contribution in [2.24, 2.45) is 0 Å². The summed E-state index contributed by atoms with van der Waals surface area (Å²) in [5, 5.41) is 5.57. The van der Waals surface area contributed by atoms with Crippen molar-refractivity contribution in [3.8, 4) is 5.69 Å². The van der Waals surface area contributed by atoms with Gasteiger partial charge in [0.2, 0.25) is 0 Å². The highest BCUT2D eigenvalue weighted by Gasteiger charge is 2.02. The Hall–Kier alpha value is -3.08. The molecule has 0 fully saturated rings. The van der Waals surface area contributed by atoms with E-state index in [0.29, 0.717) is 6.54 Å². The van der Waals surface area contributed by atoms with Crippen molar-refractivity contribution in [2.45, 2.75) is 6.54 Å². The van der Waals surface area contributed by atoms with Crippen molar-refractivity contribution >= 4 is 11.7 Å². The van der Waals surface area contributed by atoms with Crippen LogP contribution in [0.5, 0.6) is 0 Å². The molecule has 1 aromatic carbocycles. The van der Waals surface area contributed by atoms with Gasteiger partial charge in [0.15, 0.2) is 0 Å². The van der Waals surface area contributed by atoms with Crippen molar-refractivity contribution in [1.29, 1.82) is 0 Å². The monoisotopic (exact) mass is 292 g/mol. The van der Waals surface area contributed by atoms with Gasteiger partial charge in [-0.25, -0.2) is 4.79 Å². The Morgan fingerprint density at radius 3 is 2.45 bits per heavy atom. The smallest absolute Gasteiger partial charge is 0.319 e. The molecule has 2 heterocycles. The molecule has 3 aromatic rings. The van der Waals surface area contributed by atoms with Crippen LogP contribution in [0, 0.1) is 0 Å². The zero-order valence-electron chi connectivity index (χ0n) is 11.9. The minimum atomic E-state index is -0.251. The van der Waals surface area contributed by atoms with Gasteiger partial charge in [0.1, 0.15) is 0 Å². The van der Waals surface area contributed by atoms with E-state index >= 15 is 0 Å². The number of hydrogen-bond acceptors (Lipinski definition) is 2. The number of anilines is 1. The zero-order chi connectivity index (χ0) is 15.2. The fourth-order valence-corrected chi connectivity index (χ4v) is 2.07. The largest absolute Gasteiger partial charge is 0.332 e. The summed E-state index contributed by atoms with van der Waals surface area (Å²) in [4.78, 5) is 16.0. The number of urea groups is 1. The molecule has 0 bridgehead atoms. The van der Waals surface area contributed by atoms with Gasteiger partial charge >= 0.3 is 6.03 Å². The number of rotatable bonds is 4. The first-order valence-corrected chi connectivity index (χ1v) is 6.99. The Morgan fingerprint density at radius 2 is 1.77 bits per heavy atom. The second kappa shape index (κ2) is 6.58. The van der Waals surface area contributed by atoms with E-state index in [1.54, 1.807) is 6.20 Å². The summed E-state index contributed by atoms with van der Waals surface area (Å²) in [5.41, 5.74) is 2.61. The van der Waals surface area contributed by atoms with Crippen LogP contribution in [0.2, 0.25) is 0 Å². The molecule has 110 valence electrons. The Bertz CT molecular complexity index is 721. The summed E-state index contributed by atoms with van der Waals surface area (Å²) in [6.45, 7) is 0.397. The molecule has 0 aliphatic heterocycles. The molecule has 2 N–H and O–H groups in total. The van der Waals surface area contributed by atoms with Crippen molar-refractivity contribution in [3.05, 3.63) is 78.9 Å². The van der Waals surface area contributed by atoms with Crippen molar-refractivity contribution in [3.63, 3.8) is 0 Å². The Balaban J connectivity index is 1.55. The van der Waals surface area contributed by atoms with E-state index in [1.165, 1.54) is 0 Å². The van der Waals surface area contributed by atoms with Gasteiger partial charge in [-0.1, -0.05) is 6.07 Å². The number of hydrogen-bond donors (Lipinski definition) is 2. The topological polar surface area (TPSA) is 59.0 Å². The van der Waals surface area contributed by atoms with Crippen LogP contribution in [0.25, 0.3) is 5.69 Å². The number of pyridine rings is 1. The van der Waals surface area contributed by atoms with E-state index in [1.807, 2.05) is 71.6 Å². The van der Waals surface area contributed by atoms with Crippen LogP contribution < -0.4 is 10.6 Å². The van der Waals surface area contributed by atoms with Crippen molar-refractivity contribution in [1.82, 2.24) is 14.9 Å². The van der Waals surface area contributed by atoms with Crippen LogP contribution >= 0.6 is 0 Å². The SMILES string of the molecule is O=C(NCc1ccccn1)Nc1ccc(-n2cccc2)cc1. The van der Waals surface area contributed by atoms with Crippen molar-refractivity contribution < 1.29 is 4.79 Å². The van der Waals surface area contributed by atoms with Gasteiger partial charge < -0.3 is 15.2 Å². The molecule has 0 aliphatic rings. The highest BCUT2D eigenvalue weighted by Crippen LogP contribution is 2.13. The average molecular weight is 292 g/mol. The summed E-state index contributed by atoms with van der Waals surface area (Å²) in [6.07, 6.45) is 5.65. The first kappa shape index (κ1) is 13.9. The molecule has 5 nitrogen and oxygen atoms in total. The zero-order valence-corrected chi connectivity index (χ0v) is 11.9. The molecule has 0 spiro atoms. The lowest BCUT2D eigenvalue weighted by Gasteiger charge is -2.08. The van der Waals surface area contributed by atoms with E-state index in [2.05, 4.69) is 15.6 Å². The van der Waals surface area contributed by atoms with Gasteiger partial charge in [-0.05, 0) is 48.5 Å². The standard InChI is InChI=1S/C17H16N4O/c22-17(19-13-15-5-1-2-10-18-15)20-14-6-8-16(9-7-14)21-11-3-4-12-21/h1-12H,13H2,(H2,19,20,22). The minimum Gasteiger partial charge on any atom is -0.332 e. The normalized spacial score (nSPS) is 10.2. The van der Waals surface area contributed by atoms with Gasteiger partial charge in [-0.2, -0.15) is 0 Å². The van der Waals surface area contributed by atoms with Crippen molar-refractivity contribution in [2.75, 3.05) is 5.32 Å². The Labute approximate surface area is 128 Å². The molecule has 0 saturated heterocycles. The second-order valence-electron chi connectivity index (χ2n) is 4.77. The molecule has 3 rings (SSSR count). The quantitative estimate of drug-likeness (QED) is 0.776. The third-order valence-electron chi connectivity index (χ3n) is 3.18. The van der Waals surface area contributed by atoms with E-state index in [4.69, 9.17) is 0 Å². The molecule has 2 amide bonds. The molecule has 22 heavy (non-hydrogen) atoms. The van der Waals surface area contributed by atoms with Gasteiger partial charge in [-0.3, -0.25) is 4.98 Å². The summed E-state index contributed by atoms with van der Waals surface area (Å²) in [5.74, 6) is 0. The molecule has 0 radical (unpaired) electrons. The van der Waals surface area contributed by atoms with Crippen LogP contribution in [0.3, 0.4) is 0 Å². The maximum absolute atomic E-state index is 11.8. The second-order valence-corrected chi connectivity index (χ2v) is 4.77. The highest BCUT2D eigenvalue weighted by molar-refractivity contribution is 5.89. The summed E-state index contributed by atoms with van der Waals surface area (Å²) in [6, 6.07) is 16.9. The number of carbonyl (C=O) groups is 1. The molecule has 2 aromatic heterocycles. The lowest BCUT2D eigenvalue weighted by Crippen LogP contribution is -2.28. The number of nitrogens with zero attached hydrogens (tertiary/aromatic N) is 2. The predicted molar refractivity (Wildman–Crippen MR) is 85.9 cm³/mol. The minimum absolute atomic E-state index is 0.251. The molecule has 5 heteroatoms. The van der Waals surface area contributed by atoms with Crippen LogP contribution in [0.15, 0.2) is 73.2 Å². The first-order chi connectivity index (χ1) is 10.8.